The number of primary amides is 1. The maximum Gasteiger partial charge on any atom is 0.241 e. The fourth-order valence-electron chi connectivity index (χ4n) is 0.243. The van der Waals surface area contributed by atoms with E-state index in [9.17, 15) is 9.59 Å². The molecule has 2 N–H and O–H groups in total. The average Bonchev–Trinajstić information content (AvgIpc) is 1.65. The Morgan fingerprint density at radius 1 is 1.75 bits per heavy atom. The lowest BCUT2D eigenvalue weighted by Gasteiger charge is -1.79. The summed E-state index contributed by atoms with van der Waals surface area (Å²) in [4.78, 5) is 19.6. The van der Waals surface area contributed by atoms with Gasteiger partial charge in [-0.1, -0.05) is 0 Å². The van der Waals surface area contributed by atoms with Crippen molar-refractivity contribution in [1.82, 2.24) is 0 Å². The molecular weight excluding hydrogens is 106 g/mol. The molecule has 1 radical (unpaired) electrons. The van der Waals surface area contributed by atoms with E-state index >= 15 is 0 Å². The molecule has 0 rings (SSSR count). The van der Waals surface area contributed by atoms with Gasteiger partial charge in [-0.2, -0.15) is 0 Å². The molecule has 0 aromatic carbocycles. The van der Waals surface area contributed by atoms with Gasteiger partial charge in [-0.15, -0.1) is 0 Å². The van der Waals surface area contributed by atoms with Crippen molar-refractivity contribution >= 4 is 12.2 Å². The normalized spacial score (nSPS) is 10.9. The first-order valence-corrected chi connectivity index (χ1v) is 2.02. The number of allylic oxidation sites excluding steroid dienone is 1. The smallest absolute Gasteiger partial charge is 0.241 e. The van der Waals surface area contributed by atoms with Crippen molar-refractivity contribution in [2.24, 2.45) is 5.73 Å². The second-order valence-electron chi connectivity index (χ2n) is 1.33. The van der Waals surface area contributed by atoms with Crippen molar-refractivity contribution in [2.45, 2.75) is 6.92 Å². The second kappa shape index (κ2) is 2.96. The van der Waals surface area contributed by atoms with E-state index in [1.165, 1.54) is 13.2 Å². The Labute approximate surface area is 47.2 Å². The Morgan fingerprint density at radius 2 is 2.25 bits per heavy atom. The molecular formula is C5H6NO2. The molecule has 0 spiro atoms. The van der Waals surface area contributed by atoms with E-state index < -0.39 is 5.91 Å². The predicted octanol–water partition coefficient (Wildman–Crippen LogP) is -0.472. The molecule has 3 nitrogen and oxygen atoms in total. The molecule has 0 aromatic rings. The zero-order valence-electron chi connectivity index (χ0n) is 4.47. The van der Waals surface area contributed by atoms with Crippen molar-refractivity contribution < 1.29 is 9.59 Å². The van der Waals surface area contributed by atoms with E-state index in [0.29, 0.717) is 0 Å². The zero-order valence-corrected chi connectivity index (χ0v) is 4.47. The van der Waals surface area contributed by atoms with Gasteiger partial charge in [0.05, 0.1) is 0 Å². The van der Waals surface area contributed by atoms with Crippen LogP contribution in [-0.4, -0.2) is 12.2 Å². The number of carbonyl (C=O) groups is 1. The molecule has 3 heteroatoms. The number of nitrogens with two attached hydrogens (primary N) is 1. The Kier molecular flexibility index (Phi) is 2.54. The predicted molar refractivity (Wildman–Crippen MR) is 28.6 cm³/mol. The minimum absolute atomic E-state index is 0.220. The summed E-state index contributed by atoms with van der Waals surface area (Å²) in [7, 11) is 0. The van der Waals surface area contributed by atoms with Gasteiger partial charge in [0.15, 0.2) is 0 Å². The third-order valence-corrected chi connectivity index (χ3v) is 0.520. The quantitative estimate of drug-likeness (QED) is 0.491. The highest BCUT2D eigenvalue weighted by Crippen LogP contribution is 1.81. The highest BCUT2D eigenvalue weighted by Gasteiger charge is 1.87. The monoisotopic (exact) mass is 112 g/mol. The van der Waals surface area contributed by atoms with Crippen LogP contribution in [0.2, 0.25) is 0 Å². The van der Waals surface area contributed by atoms with Crippen LogP contribution in [0.25, 0.3) is 0 Å². The lowest BCUT2D eigenvalue weighted by Crippen LogP contribution is -2.06. The van der Waals surface area contributed by atoms with Crippen LogP contribution in [0.1, 0.15) is 6.92 Å². The van der Waals surface area contributed by atoms with Gasteiger partial charge >= 0.3 is 0 Å². The van der Waals surface area contributed by atoms with Crippen LogP contribution in [0.3, 0.4) is 0 Å². The van der Waals surface area contributed by atoms with Crippen LogP contribution in [0, 0.1) is 0 Å². The lowest BCUT2D eigenvalue weighted by atomic mass is 10.3. The Morgan fingerprint density at radius 3 is 2.38 bits per heavy atom. The topological polar surface area (TPSA) is 60.2 Å². The van der Waals surface area contributed by atoms with Crippen LogP contribution in [0.4, 0.5) is 0 Å². The number of hydrogen-bond donors (Lipinski definition) is 1. The molecule has 0 atom stereocenters. The van der Waals surface area contributed by atoms with Crippen molar-refractivity contribution in [2.75, 3.05) is 0 Å². The van der Waals surface area contributed by atoms with Crippen molar-refractivity contribution in [3.63, 3.8) is 0 Å². The summed E-state index contributed by atoms with van der Waals surface area (Å²) >= 11 is 0. The molecule has 0 aliphatic rings. The van der Waals surface area contributed by atoms with E-state index in [-0.39, 0.29) is 5.57 Å². The number of carbonyl (C=O) groups excluding carboxylic acids is 2. The summed E-state index contributed by atoms with van der Waals surface area (Å²) in [6.45, 7) is 1.46. The molecule has 0 aliphatic carbocycles. The summed E-state index contributed by atoms with van der Waals surface area (Å²) in [5, 5.41) is 0. The standard InChI is InChI=1S/C5H6NO2/c1-4(3-7)2-5(6)8/h2H,1H3,(H2,6,8). The third kappa shape index (κ3) is 3.08. The molecule has 8 heavy (non-hydrogen) atoms. The highest BCUT2D eigenvalue weighted by atomic mass is 16.1. The Hall–Kier alpha value is -1.12. The zero-order chi connectivity index (χ0) is 6.57. The van der Waals surface area contributed by atoms with Crippen molar-refractivity contribution in [3.05, 3.63) is 11.6 Å². The van der Waals surface area contributed by atoms with E-state index in [1.54, 1.807) is 0 Å². The van der Waals surface area contributed by atoms with E-state index in [0.717, 1.165) is 6.08 Å². The van der Waals surface area contributed by atoms with Gasteiger partial charge < -0.3 is 5.73 Å². The number of hydrogen-bond acceptors (Lipinski definition) is 2. The van der Waals surface area contributed by atoms with Gasteiger partial charge in [0.1, 0.15) is 0 Å². The molecule has 43 valence electrons. The first kappa shape index (κ1) is 6.88. The van der Waals surface area contributed by atoms with E-state index in [4.69, 9.17) is 0 Å². The first-order valence-electron chi connectivity index (χ1n) is 2.02. The van der Waals surface area contributed by atoms with Crippen molar-refractivity contribution in [3.8, 4) is 0 Å². The number of rotatable bonds is 2. The van der Waals surface area contributed by atoms with Crippen LogP contribution in [-0.2, 0) is 9.59 Å². The summed E-state index contributed by atoms with van der Waals surface area (Å²) in [5.74, 6) is -0.620. The van der Waals surface area contributed by atoms with Gasteiger partial charge in [0.25, 0.3) is 0 Å². The Bertz CT molecular complexity index is 137. The largest absolute Gasteiger partial charge is 0.366 e. The SMILES string of the molecule is CC([C]=O)=CC(N)=O. The molecule has 0 unspecified atom stereocenters. The molecule has 0 saturated carbocycles. The fourth-order valence-corrected chi connectivity index (χ4v) is 0.243. The molecule has 1 amide bonds. The maximum absolute atomic E-state index is 9.94. The molecule has 0 saturated heterocycles. The van der Waals surface area contributed by atoms with Crippen molar-refractivity contribution in [1.29, 1.82) is 0 Å². The summed E-state index contributed by atoms with van der Waals surface area (Å²) in [6.07, 6.45) is 2.53. The van der Waals surface area contributed by atoms with Gasteiger partial charge in [-0.25, -0.2) is 0 Å². The van der Waals surface area contributed by atoms with Crippen LogP contribution < -0.4 is 5.73 Å². The Balaban J connectivity index is 3.94. The highest BCUT2D eigenvalue weighted by molar-refractivity contribution is 5.92. The second-order valence-corrected chi connectivity index (χ2v) is 1.33. The summed E-state index contributed by atoms with van der Waals surface area (Å²) in [5.41, 5.74) is 4.89. The van der Waals surface area contributed by atoms with Gasteiger partial charge in [0, 0.05) is 11.6 Å². The van der Waals surface area contributed by atoms with Crippen LogP contribution >= 0.6 is 0 Å². The minimum Gasteiger partial charge on any atom is -0.366 e. The van der Waals surface area contributed by atoms with E-state index in [1.807, 2.05) is 0 Å². The molecule has 0 heterocycles. The fraction of sp³-hybridized carbons (Fsp3) is 0.200. The molecule has 0 aromatic heterocycles. The molecule has 0 aliphatic heterocycles. The maximum atomic E-state index is 9.94. The van der Waals surface area contributed by atoms with Gasteiger partial charge in [0.2, 0.25) is 12.2 Å². The molecule has 0 bridgehead atoms. The minimum atomic E-state index is -0.620. The molecule has 0 fully saturated rings. The summed E-state index contributed by atoms with van der Waals surface area (Å²) in [6, 6.07) is 0. The number of amides is 1. The average molecular weight is 112 g/mol. The van der Waals surface area contributed by atoms with Gasteiger partial charge in [-0.05, 0) is 6.92 Å². The van der Waals surface area contributed by atoms with E-state index in [2.05, 4.69) is 5.73 Å². The van der Waals surface area contributed by atoms with Gasteiger partial charge in [-0.3, -0.25) is 9.59 Å². The lowest BCUT2D eigenvalue weighted by molar-refractivity contribution is -0.113. The van der Waals surface area contributed by atoms with Crippen LogP contribution in [0.15, 0.2) is 11.6 Å². The third-order valence-electron chi connectivity index (χ3n) is 0.520. The van der Waals surface area contributed by atoms with Crippen LogP contribution in [0.5, 0.6) is 0 Å². The first-order chi connectivity index (χ1) is 3.66. The summed E-state index contributed by atoms with van der Waals surface area (Å²) < 4.78 is 0.